The lowest BCUT2D eigenvalue weighted by atomic mass is 9.32. The van der Waals surface area contributed by atoms with Gasteiger partial charge in [0.2, 0.25) is 0 Å². The molecule has 0 amide bonds. The van der Waals surface area contributed by atoms with E-state index in [4.69, 9.17) is 21.8 Å². The van der Waals surface area contributed by atoms with Crippen molar-refractivity contribution in [3.8, 4) is 5.75 Å². The third-order valence-corrected chi connectivity index (χ3v) is 16.8. The fourth-order valence-corrected chi connectivity index (χ4v) is 13.9. The molecule has 1 saturated heterocycles. The van der Waals surface area contributed by atoms with Crippen LogP contribution in [0, 0.1) is 56.7 Å². The van der Waals surface area contributed by atoms with Gasteiger partial charge in [-0.05, 0) is 171 Å². The van der Waals surface area contributed by atoms with Gasteiger partial charge in [-0.15, -0.1) is 0 Å². The molecule has 11 atom stereocenters. The molecule has 5 heteroatoms. The minimum absolute atomic E-state index is 0.0181. The molecule has 7 rings (SSSR count). The van der Waals surface area contributed by atoms with Crippen LogP contribution in [-0.2, 0) is 15.9 Å². The van der Waals surface area contributed by atoms with E-state index in [1.165, 1.54) is 88.2 Å². The summed E-state index contributed by atoms with van der Waals surface area (Å²) < 4.78 is 12.9. The first-order valence-electron chi connectivity index (χ1n) is 20.0. The van der Waals surface area contributed by atoms with Gasteiger partial charge < -0.3 is 25.6 Å². The zero-order chi connectivity index (χ0) is 34.0. The SMILES string of the molecule is C=C(CNCCc1ccc(O)cc1)[C@@H]1CC[C@]2(COC3CCCCO3)CC[C@]3(C)[C@H](CC[C@@H]4[C@@]5(C)CCC(N)C(C)(C)[C@@H]5CC[C@]43C)[C@@H]12. The van der Waals surface area contributed by atoms with Crippen LogP contribution >= 0.6 is 0 Å². The minimum atomic E-state index is -0.0181. The number of rotatable bonds is 9. The van der Waals surface area contributed by atoms with E-state index in [1.807, 2.05) is 12.1 Å². The number of fused-ring (bicyclic) bond motifs is 7. The van der Waals surface area contributed by atoms with Gasteiger partial charge in [-0.3, -0.25) is 0 Å². The monoisotopic (exact) mass is 661 g/mol. The van der Waals surface area contributed by atoms with Crippen molar-refractivity contribution < 1.29 is 14.6 Å². The lowest BCUT2D eigenvalue weighted by molar-refractivity contribution is -0.249. The molecule has 5 aliphatic carbocycles. The molecule has 268 valence electrons. The van der Waals surface area contributed by atoms with Crippen LogP contribution in [-0.4, -0.2) is 43.7 Å². The van der Waals surface area contributed by atoms with E-state index in [2.05, 4.69) is 39.9 Å². The van der Waals surface area contributed by atoms with Crippen molar-refractivity contribution in [2.45, 2.75) is 137 Å². The van der Waals surface area contributed by atoms with Crippen molar-refractivity contribution in [2.24, 2.45) is 62.4 Å². The van der Waals surface area contributed by atoms with Crippen LogP contribution in [0.15, 0.2) is 36.4 Å². The molecule has 6 fully saturated rings. The lowest BCUT2D eigenvalue weighted by Crippen LogP contribution is -2.67. The number of hydrogen-bond acceptors (Lipinski definition) is 5. The Bertz CT molecular complexity index is 1310. The molecule has 1 aliphatic heterocycles. The normalized spacial score (nSPS) is 45.0. The molecule has 1 aromatic rings. The number of nitrogens with two attached hydrogens (primary N) is 1. The summed E-state index contributed by atoms with van der Waals surface area (Å²) >= 11 is 0. The molecule has 1 heterocycles. The van der Waals surface area contributed by atoms with E-state index in [1.54, 1.807) is 12.1 Å². The predicted molar refractivity (Wildman–Crippen MR) is 195 cm³/mol. The highest BCUT2D eigenvalue weighted by Crippen LogP contribution is 2.77. The van der Waals surface area contributed by atoms with Crippen molar-refractivity contribution in [1.82, 2.24) is 5.32 Å². The van der Waals surface area contributed by atoms with E-state index in [9.17, 15) is 5.11 Å². The number of hydrogen-bond donors (Lipinski definition) is 3. The van der Waals surface area contributed by atoms with Crippen LogP contribution < -0.4 is 11.1 Å². The van der Waals surface area contributed by atoms with E-state index in [-0.39, 0.29) is 17.1 Å². The van der Waals surface area contributed by atoms with Crippen LogP contribution in [0.2, 0.25) is 0 Å². The number of phenolic OH excluding ortho intramolecular Hbond substituents is 1. The summed E-state index contributed by atoms with van der Waals surface area (Å²) in [5, 5.41) is 13.5. The van der Waals surface area contributed by atoms with Gasteiger partial charge in [-0.2, -0.15) is 0 Å². The molecule has 0 bridgehead atoms. The molecular formula is C43H68N2O3. The smallest absolute Gasteiger partial charge is 0.157 e. The van der Waals surface area contributed by atoms with Crippen molar-refractivity contribution in [2.75, 3.05) is 26.3 Å². The Morgan fingerprint density at radius 3 is 2.44 bits per heavy atom. The van der Waals surface area contributed by atoms with Crippen LogP contribution in [0.5, 0.6) is 5.75 Å². The molecule has 0 radical (unpaired) electrons. The molecule has 0 spiro atoms. The standard InChI is InChI=1S/C43H68N2O3/c1-29(27-45-25-19-30-10-12-31(46)13-11-30)32-16-22-43(28-48-37-9-7-8-26-47-37)24-23-41(5)33(38(32)43)14-15-35-40(4)20-18-36(44)39(2,3)34(40)17-21-42(35,41)6/h10-13,32-38,45-46H,1,7-9,14-28,44H2,2-6H3/t32-,33+,34-,35+,36?,37?,38+,40-,41+,42+,43+/m0/s1. The van der Waals surface area contributed by atoms with E-state index >= 15 is 0 Å². The third-order valence-electron chi connectivity index (χ3n) is 16.8. The average Bonchev–Trinajstić information content (AvgIpc) is 3.46. The second kappa shape index (κ2) is 13.0. The Morgan fingerprint density at radius 2 is 1.69 bits per heavy atom. The number of ether oxygens (including phenoxy) is 2. The lowest BCUT2D eigenvalue weighted by Gasteiger charge is -2.73. The van der Waals surface area contributed by atoms with Gasteiger partial charge in [-0.25, -0.2) is 0 Å². The van der Waals surface area contributed by atoms with Gasteiger partial charge in [0.15, 0.2) is 6.29 Å². The third kappa shape index (κ3) is 5.64. The number of nitrogens with one attached hydrogen (secondary N) is 1. The molecule has 5 saturated carbocycles. The van der Waals surface area contributed by atoms with E-state index in [0.29, 0.717) is 45.8 Å². The molecule has 5 nitrogen and oxygen atoms in total. The number of phenols is 1. The maximum atomic E-state index is 9.68. The summed E-state index contributed by atoms with van der Waals surface area (Å²) in [4.78, 5) is 0. The van der Waals surface area contributed by atoms with Crippen LogP contribution in [0.1, 0.15) is 124 Å². The largest absolute Gasteiger partial charge is 0.508 e. The summed E-state index contributed by atoms with van der Waals surface area (Å²) in [6.07, 6.45) is 17.4. The van der Waals surface area contributed by atoms with Gasteiger partial charge in [0.25, 0.3) is 0 Å². The first-order chi connectivity index (χ1) is 22.8. The average molecular weight is 661 g/mol. The Labute approximate surface area is 292 Å². The molecule has 1 aromatic carbocycles. The second-order valence-corrected chi connectivity index (χ2v) is 19.0. The topological polar surface area (TPSA) is 76.7 Å². The maximum Gasteiger partial charge on any atom is 0.157 e. The highest BCUT2D eigenvalue weighted by atomic mass is 16.7. The first-order valence-corrected chi connectivity index (χ1v) is 20.0. The van der Waals surface area contributed by atoms with Gasteiger partial charge >= 0.3 is 0 Å². The van der Waals surface area contributed by atoms with Gasteiger partial charge in [0, 0.05) is 19.2 Å². The summed E-state index contributed by atoms with van der Waals surface area (Å²) in [7, 11) is 0. The second-order valence-electron chi connectivity index (χ2n) is 19.0. The summed E-state index contributed by atoms with van der Waals surface area (Å²) in [6, 6.07) is 7.97. The van der Waals surface area contributed by atoms with Crippen LogP contribution in [0.3, 0.4) is 0 Å². The fraction of sp³-hybridized carbons (Fsp3) is 0.814. The summed E-state index contributed by atoms with van der Waals surface area (Å²) in [6.45, 7) is 21.6. The van der Waals surface area contributed by atoms with Crippen LogP contribution in [0.4, 0.5) is 0 Å². The number of benzene rings is 1. The van der Waals surface area contributed by atoms with Crippen molar-refractivity contribution in [3.05, 3.63) is 42.0 Å². The van der Waals surface area contributed by atoms with Gasteiger partial charge in [0.05, 0.1) is 6.61 Å². The van der Waals surface area contributed by atoms with Crippen molar-refractivity contribution in [3.63, 3.8) is 0 Å². The Hall–Kier alpha value is -1.40. The maximum absolute atomic E-state index is 9.68. The Balaban J connectivity index is 1.13. The fourth-order valence-electron chi connectivity index (χ4n) is 13.9. The first kappa shape index (κ1) is 35.0. The van der Waals surface area contributed by atoms with Gasteiger partial charge in [0.1, 0.15) is 5.75 Å². The molecule has 0 aromatic heterocycles. The molecule has 6 aliphatic rings. The Morgan fingerprint density at radius 1 is 0.896 bits per heavy atom. The van der Waals surface area contributed by atoms with Gasteiger partial charge in [-0.1, -0.05) is 58.9 Å². The minimum Gasteiger partial charge on any atom is -0.508 e. The van der Waals surface area contributed by atoms with E-state index in [0.717, 1.165) is 51.0 Å². The zero-order valence-electron chi connectivity index (χ0n) is 31.1. The molecule has 2 unspecified atom stereocenters. The highest BCUT2D eigenvalue weighted by Gasteiger charge is 2.70. The molecular weight excluding hydrogens is 592 g/mol. The zero-order valence-corrected chi connectivity index (χ0v) is 31.1. The van der Waals surface area contributed by atoms with Crippen LogP contribution in [0.25, 0.3) is 0 Å². The summed E-state index contributed by atoms with van der Waals surface area (Å²) in [5.74, 6) is 3.73. The quantitative estimate of drug-likeness (QED) is 0.182. The number of aromatic hydroxyl groups is 1. The molecule has 48 heavy (non-hydrogen) atoms. The predicted octanol–water partition coefficient (Wildman–Crippen LogP) is 9.03. The summed E-state index contributed by atoms with van der Waals surface area (Å²) in [5.41, 5.74) is 11.0. The van der Waals surface area contributed by atoms with E-state index < -0.39 is 0 Å². The van der Waals surface area contributed by atoms with Crippen molar-refractivity contribution >= 4 is 0 Å². The van der Waals surface area contributed by atoms with Crippen molar-refractivity contribution in [1.29, 1.82) is 0 Å². The Kier molecular flexibility index (Phi) is 9.47. The highest BCUT2D eigenvalue weighted by molar-refractivity contribution is 5.26. The molecule has 4 N–H and O–H groups in total.